The zero-order valence-electron chi connectivity index (χ0n) is 8.74. The minimum Gasteiger partial charge on any atom is -0.370 e. The van der Waals surface area contributed by atoms with Gasteiger partial charge in [-0.2, -0.15) is 0 Å². The first kappa shape index (κ1) is 9.59. The molecule has 1 heterocycles. The molecule has 1 aliphatic rings. The number of nitrogens with two attached hydrogens (primary N) is 1. The van der Waals surface area contributed by atoms with Gasteiger partial charge in [0.2, 0.25) is 0 Å². The number of anilines is 1. The minimum absolute atomic E-state index is 0.436. The van der Waals surface area contributed by atoms with Gasteiger partial charge >= 0.3 is 0 Å². The molecule has 0 aromatic carbocycles. The number of H-pyrrole nitrogens is 1. The second-order valence-corrected chi connectivity index (χ2v) is 4.25. The third kappa shape index (κ3) is 1.93. The van der Waals surface area contributed by atoms with Crippen LogP contribution in [0.15, 0.2) is 18.5 Å². The molecule has 14 heavy (non-hydrogen) atoms. The Morgan fingerprint density at radius 3 is 2.64 bits per heavy atom. The summed E-state index contributed by atoms with van der Waals surface area (Å²) in [4.78, 5) is 5.46. The van der Waals surface area contributed by atoms with Crippen molar-refractivity contribution in [3.8, 4) is 0 Å². The predicted octanol–water partition coefficient (Wildman–Crippen LogP) is 1.72. The van der Waals surface area contributed by atoms with Gasteiger partial charge in [-0.15, -0.1) is 0 Å². The van der Waals surface area contributed by atoms with Crippen LogP contribution in [0.3, 0.4) is 0 Å². The van der Waals surface area contributed by atoms with E-state index in [4.69, 9.17) is 5.73 Å². The number of rotatable bonds is 2. The van der Waals surface area contributed by atoms with Crippen molar-refractivity contribution in [3.63, 3.8) is 0 Å². The third-order valence-electron chi connectivity index (χ3n) is 3.28. The van der Waals surface area contributed by atoms with Crippen LogP contribution in [-0.4, -0.2) is 24.1 Å². The Morgan fingerprint density at radius 2 is 2.07 bits per heavy atom. The summed E-state index contributed by atoms with van der Waals surface area (Å²) in [6, 6.07) is 3.23. The molecule has 2 rings (SSSR count). The van der Waals surface area contributed by atoms with Gasteiger partial charge < -0.3 is 15.6 Å². The first-order valence-electron chi connectivity index (χ1n) is 5.38. The highest BCUT2D eigenvalue weighted by molar-refractivity contribution is 5.44. The molecular weight excluding hydrogens is 174 g/mol. The van der Waals surface area contributed by atoms with Crippen LogP contribution in [0.25, 0.3) is 0 Å². The molecule has 78 valence electrons. The van der Waals surface area contributed by atoms with Crippen molar-refractivity contribution in [1.82, 2.24) is 4.98 Å². The summed E-state index contributed by atoms with van der Waals surface area (Å²) < 4.78 is 0. The van der Waals surface area contributed by atoms with E-state index in [2.05, 4.69) is 29.2 Å². The molecule has 3 heteroatoms. The van der Waals surface area contributed by atoms with Gasteiger partial charge in [-0.1, -0.05) is 0 Å². The molecule has 0 amide bonds. The van der Waals surface area contributed by atoms with Crippen molar-refractivity contribution in [2.24, 2.45) is 5.73 Å². The average molecular weight is 193 g/mol. The van der Waals surface area contributed by atoms with Gasteiger partial charge in [-0.25, -0.2) is 0 Å². The zero-order chi connectivity index (χ0) is 9.97. The van der Waals surface area contributed by atoms with Gasteiger partial charge in [0.15, 0.2) is 0 Å². The fourth-order valence-corrected chi connectivity index (χ4v) is 2.23. The van der Waals surface area contributed by atoms with E-state index in [1.54, 1.807) is 0 Å². The summed E-state index contributed by atoms with van der Waals surface area (Å²) in [5.41, 5.74) is 7.17. The molecular formula is C11H19N3. The van der Waals surface area contributed by atoms with Crippen LogP contribution in [-0.2, 0) is 0 Å². The van der Waals surface area contributed by atoms with E-state index in [0.717, 1.165) is 0 Å². The SMILES string of the molecule is CN(c1cc[nH]c1)C1CCC(N)CC1. The molecule has 1 aromatic heterocycles. The van der Waals surface area contributed by atoms with Crippen molar-refractivity contribution in [2.75, 3.05) is 11.9 Å². The van der Waals surface area contributed by atoms with E-state index in [-0.39, 0.29) is 0 Å². The monoisotopic (exact) mass is 193 g/mol. The summed E-state index contributed by atoms with van der Waals surface area (Å²) in [5.74, 6) is 0. The van der Waals surface area contributed by atoms with E-state index < -0.39 is 0 Å². The number of hydrogen-bond donors (Lipinski definition) is 2. The largest absolute Gasteiger partial charge is 0.370 e. The van der Waals surface area contributed by atoms with Crippen molar-refractivity contribution in [2.45, 2.75) is 37.8 Å². The molecule has 0 radical (unpaired) electrons. The lowest BCUT2D eigenvalue weighted by atomic mass is 9.91. The van der Waals surface area contributed by atoms with Crippen molar-refractivity contribution < 1.29 is 0 Å². The number of aromatic amines is 1. The van der Waals surface area contributed by atoms with Crippen LogP contribution in [0.1, 0.15) is 25.7 Å². The molecule has 1 aromatic rings. The standard InChI is InChI=1S/C11H19N3/c1-14(11-6-7-13-8-11)10-4-2-9(12)3-5-10/h6-10,13H,2-5,12H2,1H3. The van der Waals surface area contributed by atoms with E-state index in [1.165, 1.54) is 31.4 Å². The first-order chi connectivity index (χ1) is 6.77. The Morgan fingerprint density at radius 1 is 1.36 bits per heavy atom. The van der Waals surface area contributed by atoms with Gasteiger partial charge in [0, 0.05) is 31.5 Å². The third-order valence-corrected chi connectivity index (χ3v) is 3.28. The predicted molar refractivity (Wildman–Crippen MR) is 59.4 cm³/mol. The minimum atomic E-state index is 0.436. The van der Waals surface area contributed by atoms with Crippen molar-refractivity contribution in [3.05, 3.63) is 18.5 Å². The molecule has 1 fully saturated rings. The Balaban J connectivity index is 1.95. The molecule has 3 N–H and O–H groups in total. The highest BCUT2D eigenvalue weighted by Gasteiger charge is 2.22. The normalized spacial score (nSPS) is 27.6. The maximum absolute atomic E-state index is 5.89. The number of aromatic nitrogens is 1. The topological polar surface area (TPSA) is 45.0 Å². The summed E-state index contributed by atoms with van der Waals surface area (Å²) in [6.45, 7) is 0. The van der Waals surface area contributed by atoms with Gasteiger partial charge in [-0.05, 0) is 31.7 Å². The maximum atomic E-state index is 5.89. The Kier molecular flexibility index (Phi) is 2.77. The van der Waals surface area contributed by atoms with Crippen LogP contribution in [0.2, 0.25) is 0 Å². The molecule has 0 saturated heterocycles. The molecule has 0 spiro atoms. The van der Waals surface area contributed by atoms with Crippen molar-refractivity contribution in [1.29, 1.82) is 0 Å². The highest BCUT2D eigenvalue weighted by atomic mass is 15.1. The van der Waals surface area contributed by atoms with Crippen LogP contribution < -0.4 is 10.6 Å². The quantitative estimate of drug-likeness (QED) is 0.751. The lowest BCUT2D eigenvalue weighted by Gasteiger charge is -2.34. The summed E-state index contributed by atoms with van der Waals surface area (Å²) >= 11 is 0. The first-order valence-corrected chi connectivity index (χ1v) is 5.38. The second kappa shape index (κ2) is 4.05. The van der Waals surface area contributed by atoms with Crippen LogP contribution >= 0.6 is 0 Å². The Labute approximate surface area is 85.3 Å². The van der Waals surface area contributed by atoms with Gasteiger partial charge in [0.1, 0.15) is 0 Å². The summed E-state index contributed by atoms with van der Waals surface area (Å²) in [5, 5.41) is 0. The number of nitrogens with zero attached hydrogens (tertiary/aromatic N) is 1. The lowest BCUT2D eigenvalue weighted by molar-refractivity contribution is 0.385. The molecule has 0 atom stereocenters. The van der Waals surface area contributed by atoms with Crippen LogP contribution in [0, 0.1) is 0 Å². The zero-order valence-corrected chi connectivity index (χ0v) is 8.74. The average Bonchev–Trinajstić information content (AvgIpc) is 2.71. The lowest BCUT2D eigenvalue weighted by Crippen LogP contribution is -2.38. The van der Waals surface area contributed by atoms with E-state index in [1.807, 2.05) is 6.20 Å². The van der Waals surface area contributed by atoms with Gasteiger partial charge in [0.25, 0.3) is 0 Å². The molecule has 0 bridgehead atoms. The van der Waals surface area contributed by atoms with Crippen LogP contribution in [0.4, 0.5) is 5.69 Å². The molecule has 1 saturated carbocycles. The fraction of sp³-hybridized carbons (Fsp3) is 0.636. The Hall–Kier alpha value is -0.960. The van der Waals surface area contributed by atoms with Gasteiger partial charge in [0.05, 0.1) is 5.69 Å². The van der Waals surface area contributed by atoms with E-state index in [0.29, 0.717) is 12.1 Å². The Bertz CT molecular complexity index is 260. The molecule has 1 aliphatic carbocycles. The van der Waals surface area contributed by atoms with Crippen molar-refractivity contribution >= 4 is 5.69 Å². The van der Waals surface area contributed by atoms with E-state index in [9.17, 15) is 0 Å². The summed E-state index contributed by atoms with van der Waals surface area (Å²) in [7, 11) is 2.17. The molecule has 0 unspecified atom stereocenters. The van der Waals surface area contributed by atoms with Gasteiger partial charge in [-0.3, -0.25) is 0 Å². The summed E-state index contributed by atoms with van der Waals surface area (Å²) in [6.07, 6.45) is 8.81. The molecule has 3 nitrogen and oxygen atoms in total. The second-order valence-electron chi connectivity index (χ2n) is 4.25. The fourth-order valence-electron chi connectivity index (χ4n) is 2.23. The van der Waals surface area contributed by atoms with Crippen LogP contribution in [0.5, 0.6) is 0 Å². The highest BCUT2D eigenvalue weighted by Crippen LogP contribution is 2.25. The number of nitrogens with one attached hydrogen (secondary N) is 1. The smallest absolute Gasteiger partial charge is 0.0543 e. The molecule has 0 aliphatic heterocycles. The number of hydrogen-bond acceptors (Lipinski definition) is 2. The maximum Gasteiger partial charge on any atom is 0.0543 e. The van der Waals surface area contributed by atoms with E-state index >= 15 is 0 Å².